The highest BCUT2D eigenvalue weighted by Gasteiger charge is 2.44. The number of allylic oxidation sites excluding steroid dienone is 8. The Morgan fingerprint density at radius 2 is 1.55 bits per heavy atom. The molecule has 0 aromatic heterocycles. The SMILES string of the molecule is CC1=CCC(C2=C(C(F)(F)F)C=C(C)CC2)C(C(F)(F)F)=C1. The predicted octanol–water partition coefficient (Wildman–Crippen LogP) is 6.04. The van der Waals surface area contributed by atoms with Crippen molar-refractivity contribution in [3.05, 3.63) is 46.1 Å². The highest BCUT2D eigenvalue weighted by Crippen LogP contribution is 2.46. The lowest BCUT2D eigenvalue weighted by Gasteiger charge is -2.31. The first-order chi connectivity index (χ1) is 10.00. The van der Waals surface area contributed by atoms with Gasteiger partial charge in [-0.2, -0.15) is 26.3 Å². The van der Waals surface area contributed by atoms with Crippen LogP contribution in [0.15, 0.2) is 46.1 Å². The largest absolute Gasteiger partial charge is 0.416 e. The van der Waals surface area contributed by atoms with Gasteiger partial charge >= 0.3 is 12.4 Å². The molecule has 0 bridgehead atoms. The second-order valence-electron chi connectivity index (χ2n) is 5.76. The molecule has 0 radical (unpaired) electrons. The molecular weight excluding hydrogens is 306 g/mol. The van der Waals surface area contributed by atoms with Gasteiger partial charge in [-0.3, -0.25) is 0 Å². The van der Waals surface area contributed by atoms with Crippen LogP contribution in [0.2, 0.25) is 0 Å². The van der Waals surface area contributed by atoms with E-state index in [9.17, 15) is 26.3 Å². The maximum Gasteiger partial charge on any atom is 0.416 e. The summed E-state index contributed by atoms with van der Waals surface area (Å²) in [6.45, 7) is 3.08. The second kappa shape index (κ2) is 5.63. The molecule has 122 valence electrons. The zero-order valence-corrected chi connectivity index (χ0v) is 12.2. The van der Waals surface area contributed by atoms with Gasteiger partial charge in [0.1, 0.15) is 0 Å². The van der Waals surface area contributed by atoms with Gasteiger partial charge < -0.3 is 0 Å². The lowest BCUT2D eigenvalue weighted by molar-refractivity contribution is -0.100. The van der Waals surface area contributed by atoms with E-state index in [1.807, 2.05) is 0 Å². The van der Waals surface area contributed by atoms with Crippen LogP contribution >= 0.6 is 0 Å². The van der Waals surface area contributed by atoms with E-state index in [0.29, 0.717) is 17.6 Å². The van der Waals surface area contributed by atoms with Crippen molar-refractivity contribution in [1.29, 1.82) is 0 Å². The van der Waals surface area contributed by atoms with Crippen LogP contribution in [-0.2, 0) is 0 Å². The molecule has 2 rings (SSSR count). The highest BCUT2D eigenvalue weighted by molar-refractivity contribution is 5.44. The van der Waals surface area contributed by atoms with Crippen molar-refractivity contribution in [2.24, 2.45) is 5.92 Å². The summed E-state index contributed by atoms with van der Waals surface area (Å²) in [5, 5.41) is 0. The molecule has 6 heteroatoms. The van der Waals surface area contributed by atoms with Crippen LogP contribution < -0.4 is 0 Å². The molecular formula is C16H16F6. The molecule has 0 heterocycles. The third-order valence-electron chi connectivity index (χ3n) is 4.01. The van der Waals surface area contributed by atoms with E-state index >= 15 is 0 Å². The standard InChI is InChI=1S/C16H16F6/c1-9-3-5-11(13(7-9)15(17,18)19)12-6-4-10(2)8-14(12)16(20,21)22/h3,7-8,11H,4-6H2,1-2H3. The minimum Gasteiger partial charge on any atom is -0.166 e. The van der Waals surface area contributed by atoms with E-state index in [-0.39, 0.29) is 18.4 Å². The topological polar surface area (TPSA) is 0 Å². The third-order valence-corrected chi connectivity index (χ3v) is 4.01. The van der Waals surface area contributed by atoms with E-state index in [0.717, 1.165) is 12.2 Å². The highest BCUT2D eigenvalue weighted by atomic mass is 19.4. The Balaban J connectivity index is 2.55. The number of hydrogen-bond acceptors (Lipinski definition) is 0. The van der Waals surface area contributed by atoms with Crippen LogP contribution in [0.25, 0.3) is 0 Å². The summed E-state index contributed by atoms with van der Waals surface area (Å²) in [7, 11) is 0. The summed E-state index contributed by atoms with van der Waals surface area (Å²) < 4.78 is 79.2. The predicted molar refractivity (Wildman–Crippen MR) is 72.1 cm³/mol. The Morgan fingerprint density at radius 1 is 0.909 bits per heavy atom. The van der Waals surface area contributed by atoms with E-state index in [2.05, 4.69) is 0 Å². The number of hydrogen-bond donors (Lipinski definition) is 0. The molecule has 0 amide bonds. The average molecular weight is 322 g/mol. The number of halogens is 6. The molecule has 0 aliphatic heterocycles. The van der Waals surface area contributed by atoms with Crippen molar-refractivity contribution >= 4 is 0 Å². The van der Waals surface area contributed by atoms with E-state index in [1.54, 1.807) is 13.0 Å². The van der Waals surface area contributed by atoms with Gasteiger partial charge in [0.15, 0.2) is 0 Å². The molecule has 1 atom stereocenters. The van der Waals surface area contributed by atoms with Crippen LogP contribution in [0.3, 0.4) is 0 Å². The van der Waals surface area contributed by atoms with E-state index < -0.39 is 29.4 Å². The first-order valence-corrected chi connectivity index (χ1v) is 6.93. The molecule has 0 nitrogen and oxygen atoms in total. The van der Waals surface area contributed by atoms with E-state index in [4.69, 9.17) is 0 Å². The molecule has 2 aliphatic rings. The fourth-order valence-corrected chi connectivity index (χ4v) is 2.95. The molecule has 0 fully saturated rings. The van der Waals surface area contributed by atoms with Gasteiger partial charge in [0.2, 0.25) is 0 Å². The molecule has 0 aromatic rings. The summed E-state index contributed by atoms with van der Waals surface area (Å²) in [5.41, 5.74) is -0.969. The molecule has 0 saturated carbocycles. The van der Waals surface area contributed by atoms with Crippen LogP contribution in [0.5, 0.6) is 0 Å². The Labute approximate surface area is 124 Å². The van der Waals surface area contributed by atoms with Crippen LogP contribution in [0.4, 0.5) is 26.3 Å². The maximum absolute atomic E-state index is 13.2. The van der Waals surface area contributed by atoms with Gasteiger partial charge in [0.25, 0.3) is 0 Å². The molecule has 0 saturated heterocycles. The van der Waals surface area contributed by atoms with Gasteiger partial charge in [0.05, 0.1) is 5.57 Å². The maximum atomic E-state index is 13.2. The van der Waals surface area contributed by atoms with Crippen molar-refractivity contribution < 1.29 is 26.3 Å². The lowest BCUT2D eigenvalue weighted by Crippen LogP contribution is -2.27. The molecule has 0 aromatic carbocycles. The van der Waals surface area contributed by atoms with Crippen molar-refractivity contribution in [2.75, 3.05) is 0 Å². The fraction of sp³-hybridized carbons (Fsp3) is 0.500. The third kappa shape index (κ3) is 3.47. The van der Waals surface area contributed by atoms with Crippen LogP contribution in [0, 0.1) is 5.92 Å². The minimum atomic E-state index is -4.63. The fourth-order valence-electron chi connectivity index (χ4n) is 2.95. The number of alkyl halides is 6. The Morgan fingerprint density at radius 3 is 2.09 bits per heavy atom. The van der Waals surface area contributed by atoms with E-state index in [1.165, 1.54) is 6.92 Å². The van der Waals surface area contributed by atoms with Crippen molar-refractivity contribution in [3.8, 4) is 0 Å². The van der Waals surface area contributed by atoms with Gasteiger partial charge in [-0.15, -0.1) is 0 Å². The smallest absolute Gasteiger partial charge is 0.166 e. The van der Waals surface area contributed by atoms with Gasteiger partial charge in [-0.05, 0) is 38.7 Å². The zero-order chi connectivity index (χ0) is 16.7. The molecule has 22 heavy (non-hydrogen) atoms. The molecule has 0 spiro atoms. The van der Waals surface area contributed by atoms with Gasteiger partial charge in [-0.1, -0.05) is 29.4 Å². The first-order valence-electron chi connectivity index (χ1n) is 6.93. The summed E-state index contributed by atoms with van der Waals surface area (Å²) in [5.74, 6) is -1.25. The van der Waals surface area contributed by atoms with Crippen molar-refractivity contribution in [3.63, 3.8) is 0 Å². The quantitative estimate of drug-likeness (QED) is 0.516. The lowest BCUT2D eigenvalue weighted by atomic mass is 9.76. The summed E-state index contributed by atoms with van der Waals surface area (Å²) in [6, 6.07) is 0. The van der Waals surface area contributed by atoms with Crippen LogP contribution in [0.1, 0.15) is 33.1 Å². The Bertz CT molecular complexity index is 581. The zero-order valence-electron chi connectivity index (χ0n) is 12.2. The average Bonchev–Trinajstić information content (AvgIpc) is 2.37. The molecule has 1 unspecified atom stereocenters. The van der Waals surface area contributed by atoms with Gasteiger partial charge in [0, 0.05) is 11.5 Å². The molecule has 2 aliphatic carbocycles. The minimum absolute atomic E-state index is 0.0160. The van der Waals surface area contributed by atoms with Crippen molar-refractivity contribution in [2.45, 2.75) is 45.5 Å². The first kappa shape index (κ1) is 16.9. The second-order valence-corrected chi connectivity index (χ2v) is 5.76. The van der Waals surface area contributed by atoms with Crippen LogP contribution in [-0.4, -0.2) is 12.4 Å². The van der Waals surface area contributed by atoms with Gasteiger partial charge in [-0.25, -0.2) is 0 Å². The number of rotatable bonds is 1. The summed E-state index contributed by atoms with van der Waals surface area (Å²) >= 11 is 0. The summed E-state index contributed by atoms with van der Waals surface area (Å²) in [4.78, 5) is 0. The van der Waals surface area contributed by atoms with Crippen molar-refractivity contribution in [1.82, 2.24) is 0 Å². The monoisotopic (exact) mass is 322 g/mol. The molecule has 0 N–H and O–H groups in total. The Kier molecular flexibility index (Phi) is 4.33. The Hall–Kier alpha value is -1.46. The summed E-state index contributed by atoms with van der Waals surface area (Å²) in [6.07, 6.45) is -5.42. The normalized spacial score (nSPS) is 24.0.